The number of hydrogen-bond donors (Lipinski definition) is 1. The maximum Gasteiger partial charge on any atom is 0.182 e. The quantitative estimate of drug-likeness (QED) is 0.609. The fourth-order valence-electron chi connectivity index (χ4n) is 3.15. The van der Waals surface area contributed by atoms with Crippen LogP contribution < -0.4 is 5.32 Å². The SMILES string of the molecule is CCN(CC)C(C)Nc1nnc(-c2ccccc2)nc1Cc1ccccc1. The molecule has 0 saturated carbocycles. The largest absolute Gasteiger partial charge is 0.352 e. The van der Waals surface area contributed by atoms with Crippen molar-refractivity contribution >= 4 is 5.82 Å². The summed E-state index contributed by atoms with van der Waals surface area (Å²) in [5.41, 5.74) is 3.09. The molecule has 0 amide bonds. The van der Waals surface area contributed by atoms with Crippen LogP contribution in [0.3, 0.4) is 0 Å². The Kier molecular flexibility index (Phi) is 6.49. The second-order valence-electron chi connectivity index (χ2n) is 6.50. The van der Waals surface area contributed by atoms with Crippen LogP contribution in [0.25, 0.3) is 11.4 Å². The highest BCUT2D eigenvalue weighted by atomic mass is 15.3. The lowest BCUT2D eigenvalue weighted by atomic mass is 10.1. The maximum atomic E-state index is 4.85. The summed E-state index contributed by atoms with van der Waals surface area (Å²) in [6.07, 6.45) is 0.872. The molecule has 27 heavy (non-hydrogen) atoms. The number of aromatic nitrogens is 3. The van der Waals surface area contributed by atoms with Crippen molar-refractivity contribution < 1.29 is 0 Å². The molecule has 0 aliphatic heterocycles. The van der Waals surface area contributed by atoms with Gasteiger partial charge in [-0.1, -0.05) is 74.5 Å². The van der Waals surface area contributed by atoms with Gasteiger partial charge in [-0.05, 0) is 25.6 Å². The first-order valence-electron chi connectivity index (χ1n) is 9.54. The summed E-state index contributed by atoms with van der Waals surface area (Å²) < 4.78 is 0. The lowest BCUT2D eigenvalue weighted by Crippen LogP contribution is -2.39. The fraction of sp³-hybridized carbons (Fsp3) is 0.318. The highest BCUT2D eigenvalue weighted by Crippen LogP contribution is 2.20. The van der Waals surface area contributed by atoms with Crippen LogP contribution in [0.5, 0.6) is 0 Å². The minimum atomic E-state index is 0.160. The number of benzene rings is 2. The maximum absolute atomic E-state index is 4.85. The zero-order chi connectivity index (χ0) is 19.1. The molecule has 1 atom stereocenters. The Balaban J connectivity index is 1.93. The van der Waals surface area contributed by atoms with E-state index in [1.165, 1.54) is 5.56 Å². The number of anilines is 1. The van der Waals surface area contributed by atoms with Gasteiger partial charge in [-0.2, -0.15) is 0 Å². The van der Waals surface area contributed by atoms with E-state index in [0.717, 1.165) is 30.2 Å². The lowest BCUT2D eigenvalue weighted by molar-refractivity contribution is 0.252. The normalized spacial score (nSPS) is 12.1. The summed E-state index contributed by atoms with van der Waals surface area (Å²) in [7, 11) is 0. The van der Waals surface area contributed by atoms with E-state index < -0.39 is 0 Å². The third-order valence-corrected chi connectivity index (χ3v) is 4.71. The van der Waals surface area contributed by atoms with Crippen LogP contribution in [0.1, 0.15) is 32.0 Å². The van der Waals surface area contributed by atoms with Crippen LogP contribution >= 0.6 is 0 Å². The van der Waals surface area contributed by atoms with E-state index in [1.807, 2.05) is 48.5 Å². The van der Waals surface area contributed by atoms with Gasteiger partial charge >= 0.3 is 0 Å². The Morgan fingerprint density at radius 3 is 2.15 bits per heavy atom. The van der Waals surface area contributed by atoms with Gasteiger partial charge in [-0.25, -0.2) is 4.98 Å². The molecule has 1 unspecified atom stereocenters. The average molecular weight is 361 g/mol. The zero-order valence-electron chi connectivity index (χ0n) is 16.3. The molecule has 3 rings (SSSR count). The van der Waals surface area contributed by atoms with Gasteiger partial charge in [-0.3, -0.25) is 4.90 Å². The van der Waals surface area contributed by atoms with Crippen LogP contribution in [0.2, 0.25) is 0 Å². The number of hydrogen-bond acceptors (Lipinski definition) is 5. The molecule has 140 valence electrons. The molecule has 5 heteroatoms. The third-order valence-electron chi connectivity index (χ3n) is 4.71. The third kappa shape index (κ3) is 4.89. The molecule has 1 heterocycles. The van der Waals surface area contributed by atoms with E-state index in [9.17, 15) is 0 Å². The monoisotopic (exact) mass is 361 g/mol. The molecule has 3 aromatic rings. The molecular formula is C22H27N5. The first-order valence-corrected chi connectivity index (χ1v) is 9.54. The van der Waals surface area contributed by atoms with Crippen molar-refractivity contribution in [2.45, 2.75) is 33.4 Å². The molecule has 0 spiro atoms. The Morgan fingerprint density at radius 1 is 0.889 bits per heavy atom. The van der Waals surface area contributed by atoms with E-state index in [1.54, 1.807) is 0 Å². The predicted octanol–water partition coefficient (Wildman–Crippen LogP) is 4.23. The minimum absolute atomic E-state index is 0.160. The number of nitrogens with zero attached hydrogens (tertiary/aromatic N) is 4. The molecule has 0 saturated heterocycles. The van der Waals surface area contributed by atoms with E-state index in [-0.39, 0.29) is 6.17 Å². The smallest absolute Gasteiger partial charge is 0.182 e. The van der Waals surface area contributed by atoms with Crippen molar-refractivity contribution in [3.63, 3.8) is 0 Å². The summed E-state index contributed by atoms with van der Waals surface area (Å²) in [6.45, 7) is 8.42. The molecule has 1 N–H and O–H groups in total. The predicted molar refractivity (Wildman–Crippen MR) is 111 cm³/mol. The Morgan fingerprint density at radius 2 is 1.52 bits per heavy atom. The van der Waals surface area contributed by atoms with E-state index >= 15 is 0 Å². The molecular weight excluding hydrogens is 334 g/mol. The van der Waals surface area contributed by atoms with Crippen LogP contribution in [-0.2, 0) is 6.42 Å². The highest BCUT2D eigenvalue weighted by Gasteiger charge is 2.16. The Labute approximate surface area is 161 Å². The van der Waals surface area contributed by atoms with Crippen LogP contribution in [0.4, 0.5) is 5.82 Å². The molecule has 2 aromatic carbocycles. The molecule has 0 aliphatic carbocycles. The molecule has 0 bridgehead atoms. The van der Waals surface area contributed by atoms with Gasteiger partial charge in [-0.15, -0.1) is 10.2 Å². The van der Waals surface area contributed by atoms with Crippen molar-refractivity contribution in [2.24, 2.45) is 0 Å². The average Bonchev–Trinajstić information content (AvgIpc) is 2.71. The number of nitrogens with one attached hydrogen (secondary N) is 1. The van der Waals surface area contributed by atoms with Gasteiger partial charge in [0.05, 0.1) is 11.9 Å². The fourth-order valence-corrected chi connectivity index (χ4v) is 3.15. The van der Waals surface area contributed by atoms with Gasteiger partial charge in [0.25, 0.3) is 0 Å². The van der Waals surface area contributed by atoms with Crippen molar-refractivity contribution in [2.75, 3.05) is 18.4 Å². The van der Waals surface area contributed by atoms with Crippen LogP contribution in [-0.4, -0.2) is 39.3 Å². The first-order chi connectivity index (χ1) is 13.2. The van der Waals surface area contributed by atoms with Gasteiger partial charge in [0.15, 0.2) is 11.6 Å². The van der Waals surface area contributed by atoms with Gasteiger partial charge < -0.3 is 5.32 Å². The molecule has 5 nitrogen and oxygen atoms in total. The standard InChI is InChI=1S/C22H27N5/c1-4-27(5-2)17(3)23-22-20(16-18-12-8-6-9-13-18)24-21(25-26-22)19-14-10-7-11-15-19/h6-15,17H,4-5,16H2,1-3H3,(H,23,26). The van der Waals surface area contributed by atoms with Gasteiger partial charge in [0.2, 0.25) is 0 Å². The topological polar surface area (TPSA) is 53.9 Å². The first kappa shape index (κ1) is 19.0. The summed E-state index contributed by atoms with van der Waals surface area (Å²) in [5, 5.41) is 12.4. The van der Waals surface area contributed by atoms with E-state index in [0.29, 0.717) is 12.2 Å². The van der Waals surface area contributed by atoms with Gasteiger partial charge in [0, 0.05) is 12.0 Å². The van der Waals surface area contributed by atoms with Crippen LogP contribution in [0, 0.1) is 0 Å². The summed E-state index contributed by atoms with van der Waals surface area (Å²) >= 11 is 0. The van der Waals surface area contributed by atoms with E-state index in [2.05, 4.69) is 53.3 Å². The summed E-state index contributed by atoms with van der Waals surface area (Å²) in [6, 6.07) is 20.3. The Bertz CT molecular complexity index is 832. The summed E-state index contributed by atoms with van der Waals surface area (Å²) in [4.78, 5) is 7.18. The van der Waals surface area contributed by atoms with E-state index in [4.69, 9.17) is 4.98 Å². The molecule has 0 radical (unpaired) electrons. The summed E-state index contributed by atoms with van der Waals surface area (Å²) in [5.74, 6) is 1.40. The molecule has 0 fully saturated rings. The molecule has 0 aliphatic rings. The highest BCUT2D eigenvalue weighted by molar-refractivity contribution is 5.56. The number of rotatable bonds is 8. The second-order valence-corrected chi connectivity index (χ2v) is 6.50. The Hall–Kier alpha value is -2.79. The van der Waals surface area contributed by atoms with Crippen molar-refractivity contribution in [1.82, 2.24) is 20.1 Å². The second kappa shape index (κ2) is 9.24. The zero-order valence-corrected chi connectivity index (χ0v) is 16.3. The van der Waals surface area contributed by atoms with Gasteiger partial charge in [0.1, 0.15) is 0 Å². The van der Waals surface area contributed by atoms with Crippen molar-refractivity contribution in [1.29, 1.82) is 0 Å². The lowest BCUT2D eigenvalue weighted by Gasteiger charge is -2.27. The van der Waals surface area contributed by atoms with Crippen molar-refractivity contribution in [3.8, 4) is 11.4 Å². The van der Waals surface area contributed by atoms with Crippen molar-refractivity contribution in [3.05, 3.63) is 71.9 Å². The van der Waals surface area contributed by atoms with Crippen LogP contribution in [0.15, 0.2) is 60.7 Å². The molecule has 1 aromatic heterocycles. The minimum Gasteiger partial charge on any atom is -0.352 e.